The van der Waals surface area contributed by atoms with Gasteiger partial charge in [0.05, 0.1) is 0 Å². The van der Waals surface area contributed by atoms with E-state index in [1.165, 1.54) is 19.3 Å². The molecular formula is C15H29ClN2O. The zero-order chi connectivity index (χ0) is 13.2. The Kier molecular flexibility index (Phi) is 6.13. The van der Waals surface area contributed by atoms with Crippen molar-refractivity contribution in [3.63, 3.8) is 0 Å². The number of rotatable bonds is 2. The Morgan fingerprint density at radius 2 is 1.95 bits per heavy atom. The molecule has 3 nitrogen and oxygen atoms in total. The minimum absolute atomic E-state index is 0. The van der Waals surface area contributed by atoms with Crippen LogP contribution in [-0.2, 0) is 4.79 Å². The molecule has 2 N–H and O–H groups in total. The summed E-state index contributed by atoms with van der Waals surface area (Å²) in [5.74, 6) is 0.765. The van der Waals surface area contributed by atoms with Gasteiger partial charge in [0.1, 0.15) is 0 Å². The third-order valence-corrected chi connectivity index (χ3v) is 4.66. The summed E-state index contributed by atoms with van der Waals surface area (Å²) in [7, 11) is 0. The number of nitrogens with two attached hydrogens (primary N) is 1. The van der Waals surface area contributed by atoms with Gasteiger partial charge in [-0.3, -0.25) is 4.79 Å². The highest BCUT2D eigenvalue weighted by atomic mass is 35.5. The Balaban J connectivity index is 0.00000180. The summed E-state index contributed by atoms with van der Waals surface area (Å²) in [5.41, 5.74) is 6.43. The molecule has 0 spiro atoms. The fourth-order valence-electron chi connectivity index (χ4n) is 3.48. The Bertz CT molecular complexity index is 307. The summed E-state index contributed by atoms with van der Waals surface area (Å²) in [4.78, 5) is 14.4. The Hall–Kier alpha value is -0.280. The van der Waals surface area contributed by atoms with Crippen LogP contribution in [-0.4, -0.2) is 29.9 Å². The van der Waals surface area contributed by atoms with E-state index in [-0.39, 0.29) is 18.4 Å². The first-order chi connectivity index (χ1) is 8.48. The second-order valence-electron chi connectivity index (χ2n) is 7.00. The number of hydrogen-bond donors (Lipinski definition) is 1. The molecule has 0 bridgehead atoms. The highest BCUT2D eigenvalue weighted by molar-refractivity contribution is 5.85. The average Bonchev–Trinajstić information content (AvgIpc) is 2.31. The first kappa shape index (κ1) is 16.8. The molecule has 0 aromatic carbocycles. The van der Waals surface area contributed by atoms with E-state index >= 15 is 0 Å². The summed E-state index contributed by atoms with van der Waals surface area (Å²) in [6.07, 6.45) is 7.79. The van der Waals surface area contributed by atoms with Gasteiger partial charge in [0.2, 0.25) is 5.91 Å². The van der Waals surface area contributed by atoms with Crippen LogP contribution in [0.25, 0.3) is 0 Å². The number of likely N-dealkylation sites (tertiary alicyclic amines) is 1. The summed E-state index contributed by atoms with van der Waals surface area (Å²) in [5, 5.41) is 0. The van der Waals surface area contributed by atoms with Gasteiger partial charge in [-0.1, -0.05) is 26.7 Å². The molecule has 0 radical (unpaired) electrons. The highest BCUT2D eigenvalue weighted by Gasteiger charge is 2.31. The molecule has 2 atom stereocenters. The molecule has 2 rings (SSSR count). The number of carbonyl (C=O) groups excluding carboxylic acids is 1. The largest absolute Gasteiger partial charge is 0.342 e. The third kappa shape index (κ3) is 4.64. The predicted molar refractivity (Wildman–Crippen MR) is 81.4 cm³/mol. The minimum atomic E-state index is 0. The van der Waals surface area contributed by atoms with E-state index in [0.717, 1.165) is 32.4 Å². The summed E-state index contributed by atoms with van der Waals surface area (Å²) in [6.45, 7) is 6.40. The van der Waals surface area contributed by atoms with Gasteiger partial charge < -0.3 is 10.6 Å². The van der Waals surface area contributed by atoms with Crippen molar-refractivity contribution in [2.24, 2.45) is 17.1 Å². The zero-order valence-corrected chi connectivity index (χ0v) is 13.2. The van der Waals surface area contributed by atoms with Crippen LogP contribution in [0, 0.1) is 11.3 Å². The first-order valence-electron chi connectivity index (χ1n) is 7.51. The van der Waals surface area contributed by atoms with Crippen LogP contribution >= 0.6 is 12.4 Å². The standard InChI is InChI=1S/C15H28N2O.ClH/c1-15(2)8-5-9-17(11-15)14(18)10-12-6-3-4-7-13(12)16;/h12-13H,3-11,16H2,1-2H3;1H. The van der Waals surface area contributed by atoms with Crippen LogP contribution in [0.1, 0.15) is 58.8 Å². The fourth-order valence-corrected chi connectivity index (χ4v) is 3.48. The van der Waals surface area contributed by atoms with Crippen LogP contribution < -0.4 is 5.73 Å². The second-order valence-corrected chi connectivity index (χ2v) is 7.00. The third-order valence-electron chi connectivity index (χ3n) is 4.66. The van der Waals surface area contributed by atoms with Crippen molar-refractivity contribution in [1.82, 2.24) is 4.90 Å². The van der Waals surface area contributed by atoms with Crippen molar-refractivity contribution in [2.45, 2.75) is 64.8 Å². The zero-order valence-electron chi connectivity index (χ0n) is 12.4. The van der Waals surface area contributed by atoms with Crippen LogP contribution in [0.15, 0.2) is 0 Å². The van der Waals surface area contributed by atoms with Gasteiger partial charge in [-0.05, 0) is 37.0 Å². The lowest BCUT2D eigenvalue weighted by Gasteiger charge is -2.39. The van der Waals surface area contributed by atoms with Crippen molar-refractivity contribution in [2.75, 3.05) is 13.1 Å². The van der Waals surface area contributed by atoms with E-state index in [1.54, 1.807) is 0 Å². The topological polar surface area (TPSA) is 46.3 Å². The van der Waals surface area contributed by atoms with Crippen molar-refractivity contribution >= 4 is 18.3 Å². The number of carbonyl (C=O) groups is 1. The van der Waals surface area contributed by atoms with E-state index in [4.69, 9.17) is 5.73 Å². The fraction of sp³-hybridized carbons (Fsp3) is 0.933. The number of piperidine rings is 1. The van der Waals surface area contributed by atoms with Crippen molar-refractivity contribution in [3.05, 3.63) is 0 Å². The predicted octanol–water partition coefficient (Wildman–Crippen LogP) is 2.96. The summed E-state index contributed by atoms with van der Waals surface area (Å²) >= 11 is 0. The molecule has 1 saturated carbocycles. The molecule has 112 valence electrons. The minimum Gasteiger partial charge on any atom is -0.342 e. The maximum atomic E-state index is 12.4. The van der Waals surface area contributed by atoms with E-state index in [2.05, 4.69) is 18.7 Å². The van der Waals surface area contributed by atoms with Crippen LogP contribution in [0.4, 0.5) is 0 Å². The lowest BCUT2D eigenvalue weighted by atomic mass is 9.81. The summed E-state index contributed by atoms with van der Waals surface area (Å²) in [6, 6.07) is 0.250. The highest BCUT2D eigenvalue weighted by Crippen LogP contribution is 2.31. The van der Waals surface area contributed by atoms with E-state index in [9.17, 15) is 4.79 Å². The number of hydrogen-bond acceptors (Lipinski definition) is 2. The quantitative estimate of drug-likeness (QED) is 0.849. The second kappa shape index (κ2) is 6.94. The van der Waals surface area contributed by atoms with Crippen LogP contribution in [0.3, 0.4) is 0 Å². The van der Waals surface area contributed by atoms with E-state index in [1.807, 2.05) is 0 Å². The van der Waals surface area contributed by atoms with E-state index in [0.29, 0.717) is 23.7 Å². The maximum Gasteiger partial charge on any atom is 0.222 e. The molecule has 1 saturated heterocycles. The molecule has 1 aliphatic heterocycles. The maximum absolute atomic E-state index is 12.4. The Morgan fingerprint density at radius 1 is 1.26 bits per heavy atom. The van der Waals surface area contributed by atoms with Gasteiger partial charge in [-0.2, -0.15) is 0 Å². The molecule has 2 fully saturated rings. The lowest BCUT2D eigenvalue weighted by molar-refractivity contribution is -0.135. The molecule has 1 aliphatic carbocycles. The van der Waals surface area contributed by atoms with Crippen molar-refractivity contribution in [1.29, 1.82) is 0 Å². The Morgan fingerprint density at radius 3 is 2.58 bits per heavy atom. The van der Waals surface area contributed by atoms with Crippen molar-refractivity contribution < 1.29 is 4.79 Å². The molecule has 1 amide bonds. The monoisotopic (exact) mass is 288 g/mol. The molecule has 1 heterocycles. The smallest absolute Gasteiger partial charge is 0.222 e. The van der Waals surface area contributed by atoms with Crippen molar-refractivity contribution in [3.8, 4) is 0 Å². The molecule has 0 aromatic heterocycles. The summed E-state index contributed by atoms with van der Waals surface area (Å²) < 4.78 is 0. The van der Waals surface area contributed by atoms with Gasteiger partial charge in [-0.25, -0.2) is 0 Å². The van der Waals surface area contributed by atoms with E-state index < -0.39 is 0 Å². The molecule has 0 aromatic rings. The average molecular weight is 289 g/mol. The molecule has 2 aliphatic rings. The molecule has 19 heavy (non-hydrogen) atoms. The number of amides is 1. The number of nitrogens with zero attached hydrogens (tertiary/aromatic N) is 1. The van der Waals surface area contributed by atoms with Gasteiger partial charge in [0.15, 0.2) is 0 Å². The molecular weight excluding hydrogens is 260 g/mol. The number of halogens is 1. The first-order valence-corrected chi connectivity index (χ1v) is 7.51. The van der Waals surface area contributed by atoms with Gasteiger partial charge in [0.25, 0.3) is 0 Å². The SMILES string of the molecule is CC1(C)CCCN(C(=O)CC2CCCCC2N)C1.Cl. The normalized spacial score (nSPS) is 30.6. The van der Waals surface area contributed by atoms with Gasteiger partial charge >= 0.3 is 0 Å². The Labute approximate surface area is 123 Å². The van der Waals surface area contributed by atoms with Crippen LogP contribution in [0.2, 0.25) is 0 Å². The lowest BCUT2D eigenvalue weighted by Crippen LogP contribution is -2.45. The van der Waals surface area contributed by atoms with Gasteiger partial charge in [0, 0.05) is 25.6 Å². The van der Waals surface area contributed by atoms with Gasteiger partial charge in [-0.15, -0.1) is 12.4 Å². The molecule has 4 heteroatoms. The molecule has 2 unspecified atom stereocenters. The van der Waals surface area contributed by atoms with Crippen LogP contribution in [0.5, 0.6) is 0 Å².